The van der Waals surface area contributed by atoms with Crippen LogP contribution in [0.5, 0.6) is 0 Å². The Morgan fingerprint density at radius 1 is 0.722 bits per heavy atom. The molecule has 0 aliphatic rings. The van der Waals surface area contributed by atoms with Gasteiger partial charge in [-0.2, -0.15) is 0 Å². The molecule has 0 radical (unpaired) electrons. The third-order valence-corrected chi connectivity index (χ3v) is 2.84. The number of hydrogen-bond donors (Lipinski definition) is 2. The standard InChI is InChI=1S/C10H16Cl4.HO3P/c11-5-1-9(2-6-12)10(3-7-13)4-8-14;1-4(2)3/h1-8H2;(H-,1,2,3)/p+1. The van der Waals surface area contributed by atoms with Gasteiger partial charge in [-0.3, -0.25) is 0 Å². The lowest BCUT2D eigenvalue weighted by molar-refractivity contribution is 0.405. The van der Waals surface area contributed by atoms with Crippen molar-refractivity contribution in [2.75, 3.05) is 23.5 Å². The summed E-state index contributed by atoms with van der Waals surface area (Å²) in [7, 11) is -2.87. The zero-order valence-electron chi connectivity index (χ0n) is 9.92. The second-order valence-corrected chi connectivity index (χ2v) is 5.23. The summed E-state index contributed by atoms with van der Waals surface area (Å²) in [6.07, 6.45) is 3.60. The summed E-state index contributed by atoms with van der Waals surface area (Å²) in [5.41, 5.74) is 2.69. The molecule has 0 atom stereocenters. The van der Waals surface area contributed by atoms with Gasteiger partial charge in [0.05, 0.1) is 0 Å². The Kier molecular flexibility index (Phi) is 18.8. The van der Waals surface area contributed by atoms with Gasteiger partial charge in [0.15, 0.2) is 0 Å². The molecule has 18 heavy (non-hydrogen) atoms. The van der Waals surface area contributed by atoms with E-state index in [0.717, 1.165) is 25.7 Å². The van der Waals surface area contributed by atoms with Crippen LogP contribution in [0.3, 0.4) is 0 Å². The number of alkyl halides is 4. The first-order valence-corrected chi connectivity index (χ1v) is 8.62. The third-order valence-electron chi connectivity index (χ3n) is 2.09. The first kappa shape index (κ1) is 21.2. The first-order chi connectivity index (χ1) is 8.53. The first-order valence-electron chi connectivity index (χ1n) is 5.32. The average Bonchev–Trinajstić information content (AvgIpc) is 2.28. The molecule has 0 heterocycles. The Hall–Kier alpha value is 0.920. The average molecular weight is 359 g/mol. The predicted molar refractivity (Wildman–Crippen MR) is 80.4 cm³/mol. The minimum absolute atomic E-state index is 0.639. The molecule has 0 saturated carbocycles. The van der Waals surface area contributed by atoms with E-state index in [9.17, 15) is 0 Å². The second kappa shape index (κ2) is 16.0. The van der Waals surface area contributed by atoms with Crippen LogP contribution in [0.15, 0.2) is 11.1 Å². The van der Waals surface area contributed by atoms with E-state index in [1.165, 1.54) is 11.1 Å². The van der Waals surface area contributed by atoms with Crippen molar-refractivity contribution in [3.8, 4) is 0 Å². The maximum Gasteiger partial charge on any atom is 0.692 e. The third kappa shape index (κ3) is 15.0. The quantitative estimate of drug-likeness (QED) is 0.383. The fourth-order valence-electron chi connectivity index (χ4n) is 1.41. The summed E-state index contributed by atoms with van der Waals surface area (Å²) in [6.45, 7) is 0. The maximum absolute atomic E-state index is 8.70. The largest absolute Gasteiger partial charge is 0.692 e. The number of rotatable bonds is 8. The maximum atomic E-state index is 8.70. The van der Waals surface area contributed by atoms with E-state index >= 15 is 0 Å². The fourth-order valence-corrected chi connectivity index (χ4v) is 2.33. The molecule has 0 fully saturated rings. The second-order valence-electron chi connectivity index (χ2n) is 3.22. The highest BCUT2D eigenvalue weighted by molar-refractivity contribution is 7.30. The van der Waals surface area contributed by atoms with Gasteiger partial charge in [0.1, 0.15) is 0 Å². The molecule has 0 unspecified atom stereocenters. The molecule has 0 rings (SSSR count). The molecule has 8 heteroatoms. The summed E-state index contributed by atoms with van der Waals surface area (Å²) < 4.78 is 8.70. The SMILES string of the molecule is ClCCC(CCCl)=C(CCCl)CCCl.O=[P+](O)O. The highest BCUT2D eigenvalue weighted by Crippen LogP contribution is 2.21. The number of halogens is 4. The lowest BCUT2D eigenvalue weighted by atomic mass is 9.99. The summed E-state index contributed by atoms with van der Waals surface area (Å²) in [4.78, 5) is 14.2. The Morgan fingerprint density at radius 3 is 1.00 bits per heavy atom. The molecule has 0 aliphatic heterocycles. The van der Waals surface area contributed by atoms with Crippen LogP contribution in [-0.2, 0) is 4.57 Å². The molecular formula is C10H18Cl4O3P+. The van der Waals surface area contributed by atoms with E-state index in [-0.39, 0.29) is 0 Å². The van der Waals surface area contributed by atoms with Crippen LogP contribution < -0.4 is 0 Å². The zero-order chi connectivity index (χ0) is 14.4. The van der Waals surface area contributed by atoms with Gasteiger partial charge in [-0.25, -0.2) is 0 Å². The Balaban J connectivity index is 0. The van der Waals surface area contributed by atoms with Crippen molar-refractivity contribution in [2.45, 2.75) is 25.7 Å². The number of hydrogen-bond acceptors (Lipinski definition) is 1. The van der Waals surface area contributed by atoms with Gasteiger partial charge in [0.25, 0.3) is 0 Å². The lowest BCUT2D eigenvalue weighted by Crippen LogP contribution is -1.97. The van der Waals surface area contributed by atoms with Gasteiger partial charge in [-0.15, -0.1) is 56.2 Å². The molecule has 2 N–H and O–H groups in total. The van der Waals surface area contributed by atoms with Gasteiger partial charge in [-0.1, -0.05) is 11.1 Å². The van der Waals surface area contributed by atoms with Crippen molar-refractivity contribution < 1.29 is 14.4 Å². The van der Waals surface area contributed by atoms with Crippen LogP contribution in [-0.4, -0.2) is 33.3 Å². The van der Waals surface area contributed by atoms with E-state index in [0.29, 0.717) is 23.5 Å². The summed E-state index contributed by atoms with van der Waals surface area (Å²) in [5, 5.41) is 0. The zero-order valence-corrected chi connectivity index (χ0v) is 13.8. The smallest absolute Gasteiger partial charge is 0.134 e. The van der Waals surface area contributed by atoms with Crippen molar-refractivity contribution in [3.63, 3.8) is 0 Å². The highest BCUT2D eigenvalue weighted by atomic mass is 35.5. The Morgan fingerprint density at radius 2 is 0.889 bits per heavy atom. The monoisotopic (exact) mass is 357 g/mol. The normalized spacial score (nSPS) is 9.44. The van der Waals surface area contributed by atoms with Crippen LogP contribution in [0.4, 0.5) is 0 Å². The fraction of sp³-hybridized carbons (Fsp3) is 0.800. The van der Waals surface area contributed by atoms with E-state index < -0.39 is 8.25 Å². The summed E-state index contributed by atoms with van der Waals surface area (Å²) in [5.74, 6) is 2.56. The molecule has 0 saturated heterocycles. The summed E-state index contributed by atoms with van der Waals surface area (Å²) in [6, 6.07) is 0. The number of allylic oxidation sites excluding steroid dienone is 2. The van der Waals surface area contributed by atoms with Crippen LogP contribution in [0.1, 0.15) is 25.7 Å². The molecule has 0 aromatic carbocycles. The lowest BCUT2D eigenvalue weighted by Gasteiger charge is -2.12. The topological polar surface area (TPSA) is 57.5 Å². The van der Waals surface area contributed by atoms with Gasteiger partial charge in [-0.05, 0) is 25.7 Å². The van der Waals surface area contributed by atoms with Crippen molar-refractivity contribution >= 4 is 54.7 Å². The van der Waals surface area contributed by atoms with Crippen LogP contribution in [0, 0.1) is 0 Å². The van der Waals surface area contributed by atoms with Crippen molar-refractivity contribution in [2.24, 2.45) is 0 Å². The Labute approximate surface area is 129 Å². The molecule has 108 valence electrons. The summed E-state index contributed by atoms with van der Waals surface area (Å²) >= 11 is 22.9. The molecular weight excluding hydrogens is 341 g/mol. The van der Waals surface area contributed by atoms with Crippen LogP contribution in [0.25, 0.3) is 0 Å². The van der Waals surface area contributed by atoms with E-state index in [4.69, 9.17) is 60.8 Å². The molecule has 0 aliphatic carbocycles. The van der Waals surface area contributed by atoms with Crippen LogP contribution in [0.2, 0.25) is 0 Å². The predicted octanol–water partition coefficient (Wildman–Crippen LogP) is 4.43. The molecule has 0 spiro atoms. The van der Waals surface area contributed by atoms with Gasteiger partial charge >= 0.3 is 8.25 Å². The minimum Gasteiger partial charge on any atom is -0.134 e. The highest BCUT2D eigenvalue weighted by Gasteiger charge is 2.05. The minimum atomic E-state index is -2.87. The molecule has 0 amide bonds. The van der Waals surface area contributed by atoms with Crippen LogP contribution >= 0.6 is 54.7 Å². The van der Waals surface area contributed by atoms with Gasteiger partial charge < -0.3 is 0 Å². The van der Waals surface area contributed by atoms with E-state index in [1.54, 1.807) is 0 Å². The van der Waals surface area contributed by atoms with E-state index in [1.807, 2.05) is 0 Å². The molecule has 0 bridgehead atoms. The molecule has 0 aromatic rings. The Bertz CT molecular complexity index is 211. The van der Waals surface area contributed by atoms with Crippen molar-refractivity contribution in [1.29, 1.82) is 0 Å². The van der Waals surface area contributed by atoms with Gasteiger partial charge in [0.2, 0.25) is 0 Å². The van der Waals surface area contributed by atoms with Crippen molar-refractivity contribution in [3.05, 3.63) is 11.1 Å². The van der Waals surface area contributed by atoms with E-state index in [2.05, 4.69) is 0 Å². The molecule has 3 nitrogen and oxygen atoms in total. The van der Waals surface area contributed by atoms with Gasteiger partial charge in [0, 0.05) is 28.1 Å². The molecule has 0 aromatic heterocycles. The van der Waals surface area contributed by atoms with Crippen molar-refractivity contribution in [1.82, 2.24) is 0 Å².